The Balaban J connectivity index is 1.61. The lowest BCUT2D eigenvalue weighted by atomic mass is 10.0. The van der Waals surface area contributed by atoms with Crippen LogP contribution in [0.4, 0.5) is 4.79 Å². The first kappa shape index (κ1) is 17.3. The molecular formula is C21H24N2O2S. The molecule has 2 aliphatic heterocycles. The van der Waals surface area contributed by atoms with Crippen molar-refractivity contribution < 1.29 is 9.00 Å². The molecule has 2 fully saturated rings. The highest BCUT2D eigenvalue weighted by molar-refractivity contribution is 7.84. The molecule has 0 spiro atoms. The second-order valence-electron chi connectivity index (χ2n) is 7.07. The minimum atomic E-state index is -0.765. The molecule has 0 saturated carbocycles. The predicted molar refractivity (Wildman–Crippen MR) is 104 cm³/mol. The summed E-state index contributed by atoms with van der Waals surface area (Å²) in [6.45, 7) is 1.25. The highest BCUT2D eigenvalue weighted by Crippen LogP contribution is 2.32. The molecule has 2 heterocycles. The van der Waals surface area contributed by atoms with Gasteiger partial charge in [0.1, 0.15) is 0 Å². The summed E-state index contributed by atoms with van der Waals surface area (Å²) in [5.74, 6) is 1.39. The molecular weight excluding hydrogens is 344 g/mol. The first-order chi connectivity index (χ1) is 12.7. The van der Waals surface area contributed by atoms with Gasteiger partial charge in [0.05, 0.1) is 12.1 Å². The maximum absolute atomic E-state index is 13.3. The van der Waals surface area contributed by atoms with Crippen molar-refractivity contribution in [3.05, 3.63) is 71.8 Å². The SMILES string of the molecule is O=C1N(Cc2ccccc2)[C@@H]2CCS(=O)CC[C@@H]2N1Cc1ccccc1. The first-order valence-corrected chi connectivity index (χ1v) is 10.7. The van der Waals surface area contributed by atoms with Crippen LogP contribution in [0.15, 0.2) is 60.7 Å². The van der Waals surface area contributed by atoms with Gasteiger partial charge >= 0.3 is 6.03 Å². The Morgan fingerprint density at radius 3 is 1.62 bits per heavy atom. The van der Waals surface area contributed by atoms with Crippen LogP contribution in [0.3, 0.4) is 0 Å². The topological polar surface area (TPSA) is 40.6 Å². The number of fused-ring (bicyclic) bond motifs is 1. The predicted octanol–water partition coefficient (Wildman–Crippen LogP) is 3.40. The average molecular weight is 369 g/mol. The third kappa shape index (κ3) is 3.54. The van der Waals surface area contributed by atoms with Gasteiger partial charge in [-0.05, 0) is 24.0 Å². The van der Waals surface area contributed by atoms with Gasteiger partial charge in [-0.3, -0.25) is 4.21 Å². The Labute approximate surface area is 157 Å². The maximum atomic E-state index is 13.3. The van der Waals surface area contributed by atoms with Crippen LogP contribution in [0.1, 0.15) is 24.0 Å². The molecule has 2 aliphatic rings. The summed E-state index contributed by atoms with van der Waals surface area (Å²) in [6, 6.07) is 20.7. The molecule has 0 aromatic heterocycles. The number of benzene rings is 2. The molecule has 3 atom stereocenters. The lowest BCUT2D eigenvalue weighted by Gasteiger charge is -2.25. The van der Waals surface area contributed by atoms with E-state index in [1.807, 2.05) is 46.2 Å². The number of hydrogen-bond donors (Lipinski definition) is 0. The summed E-state index contributed by atoms with van der Waals surface area (Å²) >= 11 is 0. The summed E-state index contributed by atoms with van der Waals surface area (Å²) in [7, 11) is -0.765. The van der Waals surface area contributed by atoms with Gasteiger partial charge < -0.3 is 9.80 Å². The molecule has 1 unspecified atom stereocenters. The number of rotatable bonds is 4. The molecule has 2 aromatic rings. The van der Waals surface area contributed by atoms with E-state index in [0.29, 0.717) is 24.6 Å². The van der Waals surface area contributed by atoms with Crippen LogP contribution < -0.4 is 0 Å². The van der Waals surface area contributed by atoms with Crippen molar-refractivity contribution in [2.24, 2.45) is 0 Å². The quantitative estimate of drug-likeness (QED) is 0.830. The number of nitrogens with zero attached hydrogens (tertiary/aromatic N) is 2. The number of hydrogen-bond acceptors (Lipinski definition) is 2. The van der Waals surface area contributed by atoms with Gasteiger partial charge in [0.15, 0.2) is 0 Å². The number of urea groups is 1. The average Bonchev–Trinajstić information content (AvgIpc) is 2.80. The van der Waals surface area contributed by atoms with E-state index < -0.39 is 10.8 Å². The lowest BCUT2D eigenvalue weighted by Crippen LogP contribution is -2.36. The van der Waals surface area contributed by atoms with Gasteiger partial charge in [-0.25, -0.2) is 4.79 Å². The van der Waals surface area contributed by atoms with Gasteiger partial charge in [0.25, 0.3) is 0 Å². The lowest BCUT2D eigenvalue weighted by molar-refractivity contribution is 0.180. The van der Waals surface area contributed by atoms with Gasteiger partial charge in [-0.1, -0.05) is 60.7 Å². The van der Waals surface area contributed by atoms with Gasteiger partial charge in [0, 0.05) is 35.4 Å². The Morgan fingerprint density at radius 2 is 1.19 bits per heavy atom. The minimum Gasteiger partial charge on any atom is -0.315 e. The van der Waals surface area contributed by atoms with Crippen LogP contribution in [-0.4, -0.2) is 43.6 Å². The maximum Gasteiger partial charge on any atom is 0.321 e. The normalized spacial score (nSPS) is 25.8. The van der Waals surface area contributed by atoms with E-state index in [2.05, 4.69) is 24.3 Å². The fraction of sp³-hybridized carbons (Fsp3) is 0.381. The van der Waals surface area contributed by atoms with Crippen LogP contribution in [0, 0.1) is 0 Å². The zero-order chi connectivity index (χ0) is 17.9. The van der Waals surface area contributed by atoms with Crippen molar-refractivity contribution >= 4 is 16.8 Å². The van der Waals surface area contributed by atoms with E-state index in [1.165, 1.54) is 0 Å². The number of amides is 2. The summed E-state index contributed by atoms with van der Waals surface area (Å²) in [6.07, 6.45) is 1.64. The molecule has 4 rings (SSSR count). The Morgan fingerprint density at radius 1 is 0.769 bits per heavy atom. The third-order valence-electron chi connectivity index (χ3n) is 5.41. The van der Waals surface area contributed by atoms with E-state index in [9.17, 15) is 9.00 Å². The molecule has 0 aliphatic carbocycles. The third-order valence-corrected chi connectivity index (χ3v) is 6.79. The molecule has 2 saturated heterocycles. The zero-order valence-corrected chi connectivity index (χ0v) is 15.6. The molecule has 0 radical (unpaired) electrons. The van der Waals surface area contributed by atoms with E-state index in [1.54, 1.807) is 0 Å². The van der Waals surface area contributed by atoms with E-state index in [-0.39, 0.29) is 18.1 Å². The molecule has 2 amide bonds. The van der Waals surface area contributed by atoms with Crippen LogP contribution in [-0.2, 0) is 23.9 Å². The monoisotopic (exact) mass is 368 g/mol. The zero-order valence-electron chi connectivity index (χ0n) is 14.8. The summed E-state index contributed by atoms with van der Waals surface area (Å²) in [5.41, 5.74) is 2.29. The highest BCUT2D eigenvalue weighted by atomic mass is 32.2. The fourth-order valence-electron chi connectivity index (χ4n) is 4.10. The van der Waals surface area contributed by atoms with Gasteiger partial charge in [0.2, 0.25) is 0 Å². The van der Waals surface area contributed by atoms with Crippen LogP contribution in [0.25, 0.3) is 0 Å². The van der Waals surface area contributed by atoms with Crippen molar-refractivity contribution in [1.82, 2.24) is 9.80 Å². The van der Waals surface area contributed by atoms with E-state index in [4.69, 9.17) is 0 Å². The van der Waals surface area contributed by atoms with Crippen molar-refractivity contribution in [2.75, 3.05) is 11.5 Å². The summed E-state index contributed by atoms with van der Waals surface area (Å²) in [4.78, 5) is 17.3. The second kappa shape index (κ2) is 7.62. The molecule has 0 N–H and O–H groups in total. The van der Waals surface area contributed by atoms with E-state index in [0.717, 1.165) is 24.0 Å². The molecule has 136 valence electrons. The highest BCUT2D eigenvalue weighted by Gasteiger charge is 2.46. The van der Waals surface area contributed by atoms with Crippen LogP contribution >= 0.6 is 0 Å². The molecule has 4 nitrogen and oxygen atoms in total. The number of carbonyl (C=O) groups is 1. The summed E-state index contributed by atoms with van der Waals surface area (Å²) in [5, 5.41) is 0. The smallest absolute Gasteiger partial charge is 0.315 e. The Hall–Kier alpha value is -2.14. The molecule has 26 heavy (non-hydrogen) atoms. The van der Waals surface area contributed by atoms with Crippen LogP contribution in [0.5, 0.6) is 0 Å². The second-order valence-corrected chi connectivity index (χ2v) is 8.77. The summed E-state index contributed by atoms with van der Waals surface area (Å²) < 4.78 is 12.1. The molecule has 0 bridgehead atoms. The van der Waals surface area contributed by atoms with Crippen molar-refractivity contribution in [2.45, 2.75) is 38.0 Å². The number of carbonyl (C=O) groups excluding carboxylic acids is 1. The standard InChI is InChI=1S/C21H24N2O2S/c24-21-22(15-17-7-3-1-4-8-17)19-11-13-26(25)14-12-20(19)23(21)16-18-9-5-2-6-10-18/h1-10,19-20H,11-16H2/t19-,20+,26?. The Kier molecular flexibility index (Phi) is 5.07. The minimum absolute atomic E-state index is 0.111. The first-order valence-electron chi connectivity index (χ1n) is 9.22. The van der Waals surface area contributed by atoms with Crippen molar-refractivity contribution in [1.29, 1.82) is 0 Å². The van der Waals surface area contributed by atoms with E-state index >= 15 is 0 Å². The van der Waals surface area contributed by atoms with Gasteiger partial charge in [-0.2, -0.15) is 0 Å². The Bertz CT molecular complexity index is 718. The van der Waals surface area contributed by atoms with Crippen molar-refractivity contribution in [3.8, 4) is 0 Å². The molecule has 5 heteroatoms. The largest absolute Gasteiger partial charge is 0.321 e. The van der Waals surface area contributed by atoms with Crippen LogP contribution in [0.2, 0.25) is 0 Å². The fourth-order valence-corrected chi connectivity index (χ4v) is 5.31. The van der Waals surface area contributed by atoms with Crippen molar-refractivity contribution in [3.63, 3.8) is 0 Å². The molecule has 2 aromatic carbocycles. The van der Waals surface area contributed by atoms with Gasteiger partial charge in [-0.15, -0.1) is 0 Å².